The molecule has 0 N–H and O–H groups in total. The van der Waals surface area contributed by atoms with Gasteiger partial charge in [0.15, 0.2) is 11.5 Å². The van der Waals surface area contributed by atoms with E-state index in [1.165, 1.54) is 37.9 Å². The molecule has 2 aliphatic heterocycles. The first-order valence-electron chi connectivity index (χ1n) is 10.4. The lowest BCUT2D eigenvalue weighted by Gasteiger charge is -2.36. The number of benzene rings is 1. The molecule has 2 fully saturated rings. The highest BCUT2D eigenvalue weighted by atomic mass is 19.1. The first-order valence-corrected chi connectivity index (χ1v) is 10.4. The summed E-state index contributed by atoms with van der Waals surface area (Å²) in [5, 5.41) is 0. The average molecular weight is 375 g/mol. The van der Waals surface area contributed by atoms with Crippen LogP contribution in [0.2, 0.25) is 0 Å². The molecule has 1 aliphatic carbocycles. The van der Waals surface area contributed by atoms with Crippen LogP contribution < -0.4 is 14.4 Å². The zero-order valence-electron chi connectivity index (χ0n) is 16.4. The second kappa shape index (κ2) is 8.51. The van der Waals surface area contributed by atoms with Crippen LogP contribution in [0.4, 0.5) is 10.1 Å². The number of fused-ring (bicyclic) bond motifs is 2. The number of rotatable bonds is 8. The predicted molar refractivity (Wildman–Crippen MR) is 108 cm³/mol. The Labute approximate surface area is 161 Å². The molecular formula is C22H31FN2O2. The van der Waals surface area contributed by atoms with Gasteiger partial charge in [0, 0.05) is 30.4 Å². The lowest BCUT2D eigenvalue weighted by Crippen LogP contribution is -2.38. The van der Waals surface area contributed by atoms with Gasteiger partial charge in [0.25, 0.3) is 0 Å². The molecule has 2 heterocycles. The maximum atomic E-state index is 13.2. The number of likely N-dealkylation sites (tertiary alicyclic amines) is 1. The van der Waals surface area contributed by atoms with Gasteiger partial charge < -0.3 is 19.3 Å². The van der Waals surface area contributed by atoms with E-state index in [1.54, 1.807) is 7.11 Å². The molecule has 3 aliphatic rings. The number of anilines is 1. The van der Waals surface area contributed by atoms with E-state index in [1.807, 2.05) is 0 Å². The van der Waals surface area contributed by atoms with E-state index in [2.05, 4.69) is 28.0 Å². The summed E-state index contributed by atoms with van der Waals surface area (Å²) in [6, 6.07) is 4.47. The van der Waals surface area contributed by atoms with Crippen LogP contribution in [0.15, 0.2) is 17.7 Å². The van der Waals surface area contributed by atoms with Crippen molar-refractivity contribution < 1.29 is 13.9 Å². The van der Waals surface area contributed by atoms with Crippen molar-refractivity contribution in [2.24, 2.45) is 0 Å². The van der Waals surface area contributed by atoms with Gasteiger partial charge >= 0.3 is 0 Å². The van der Waals surface area contributed by atoms with Crippen LogP contribution in [0.25, 0.3) is 6.08 Å². The van der Waals surface area contributed by atoms with Crippen molar-refractivity contribution >= 4 is 11.8 Å². The smallest absolute Gasteiger partial charge is 0.163 e. The summed E-state index contributed by atoms with van der Waals surface area (Å²) < 4.78 is 24.9. The standard InChI is InChI=1S/C22H31FN2O2/c1-26-21-15-18-14-17-6-4-7-19(17)25(12-8-23)20(18)16-22(21)27-13-5-11-24-9-2-3-10-24/h14-16,19H,2-13H2,1H3. The number of methoxy groups -OCH3 is 1. The molecule has 0 amide bonds. The van der Waals surface area contributed by atoms with Crippen molar-refractivity contribution in [3.8, 4) is 11.5 Å². The average Bonchev–Trinajstić information content (AvgIpc) is 3.36. The third kappa shape index (κ3) is 3.93. The lowest BCUT2D eigenvalue weighted by molar-refractivity contribution is 0.254. The summed E-state index contributed by atoms with van der Waals surface area (Å²) >= 11 is 0. The van der Waals surface area contributed by atoms with Crippen LogP contribution in [0, 0.1) is 0 Å². The van der Waals surface area contributed by atoms with Crippen LogP contribution >= 0.6 is 0 Å². The Bertz CT molecular complexity index is 685. The lowest BCUT2D eigenvalue weighted by atomic mass is 9.97. The van der Waals surface area contributed by atoms with Crippen molar-refractivity contribution in [2.75, 3.05) is 51.5 Å². The normalized spacial score (nSPS) is 21.8. The molecule has 4 nitrogen and oxygen atoms in total. The quantitative estimate of drug-likeness (QED) is 0.634. The van der Waals surface area contributed by atoms with Gasteiger partial charge in [-0.15, -0.1) is 0 Å². The molecule has 1 aromatic rings. The Morgan fingerprint density at radius 2 is 1.96 bits per heavy atom. The van der Waals surface area contributed by atoms with Gasteiger partial charge in [0.1, 0.15) is 6.67 Å². The number of hydrogen-bond acceptors (Lipinski definition) is 4. The van der Waals surface area contributed by atoms with Crippen molar-refractivity contribution in [1.82, 2.24) is 4.90 Å². The highest BCUT2D eigenvalue weighted by Gasteiger charge is 2.32. The van der Waals surface area contributed by atoms with E-state index in [9.17, 15) is 4.39 Å². The van der Waals surface area contributed by atoms with E-state index in [4.69, 9.17) is 9.47 Å². The molecule has 148 valence electrons. The van der Waals surface area contributed by atoms with Gasteiger partial charge in [-0.1, -0.05) is 6.08 Å². The summed E-state index contributed by atoms with van der Waals surface area (Å²) in [4.78, 5) is 4.73. The van der Waals surface area contributed by atoms with Gasteiger partial charge in [-0.25, -0.2) is 4.39 Å². The fourth-order valence-corrected chi connectivity index (χ4v) is 4.79. The summed E-state index contributed by atoms with van der Waals surface area (Å²) in [6.45, 7) is 4.32. The summed E-state index contributed by atoms with van der Waals surface area (Å²) in [6.07, 6.45) is 9.35. The van der Waals surface area contributed by atoms with Crippen LogP contribution in [0.5, 0.6) is 11.5 Å². The second-order valence-corrected chi connectivity index (χ2v) is 7.82. The Kier molecular flexibility index (Phi) is 5.86. The van der Waals surface area contributed by atoms with Crippen LogP contribution in [-0.2, 0) is 0 Å². The SMILES string of the molecule is COc1cc2c(cc1OCCCN1CCCC1)N(CCF)C1CCCC1=C2. The van der Waals surface area contributed by atoms with Crippen LogP contribution in [-0.4, -0.2) is 57.5 Å². The highest BCUT2D eigenvalue weighted by molar-refractivity contribution is 5.78. The molecule has 5 heteroatoms. The molecule has 1 saturated heterocycles. The minimum atomic E-state index is -0.332. The molecule has 4 rings (SSSR count). The largest absolute Gasteiger partial charge is 0.493 e. The molecule has 1 atom stereocenters. The van der Waals surface area contributed by atoms with Crippen LogP contribution in [0.3, 0.4) is 0 Å². The fraction of sp³-hybridized carbons (Fsp3) is 0.636. The van der Waals surface area contributed by atoms with Gasteiger partial charge in [-0.05, 0) is 63.3 Å². The molecule has 27 heavy (non-hydrogen) atoms. The summed E-state index contributed by atoms with van der Waals surface area (Å²) in [5.74, 6) is 1.54. The molecule has 0 bridgehead atoms. The maximum absolute atomic E-state index is 13.2. The van der Waals surface area contributed by atoms with Crippen molar-refractivity contribution in [2.45, 2.75) is 44.6 Å². The molecule has 1 aromatic carbocycles. The highest BCUT2D eigenvalue weighted by Crippen LogP contribution is 2.44. The number of halogens is 1. The van der Waals surface area contributed by atoms with Crippen molar-refractivity contribution in [1.29, 1.82) is 0 Å². The molecule has 1 saturated carbocycles. The first-order chi connectivity index (χ1) is 13.3. The Hall–Kier alpha value is -1.75. The Balaban J connectivity index is 1.50. The number of ether oxygens (including phenoxy) is 2. The fourth-order valence-electron chi connectivity index (χ4n) is 4.79. The van der Waals surface area contributed by atoms with Gasteiger partial charge in [0.05, 0.1) is 19.8 Å². The van der Waals surface area contributed by atoms with Crippen molar-refractivity contribution in [3.63, 3.8) is 0 Å². The Morgan fingerprint density at radius 3 is 2.74 bits per heavy atom. The summed E-state index contributed by atoms with van der Waals surface area (Å²) in [5.41, 5.74) is 3.63. The molecule has 1 unspecified atom stereocenters. The van der Waals surface area contributed by atoms with E-state index in [0.29, 0.717) is 19.2 Å². The molecule has 0 radical (unpaired) electrons. The van der Waals surface area contributed by atoms with E-state index < -0.39 is 0 Å². The number of hydrogen-bond donors (Lipinski definition) is 0. The van der Waals surface area contributed by atoms with E-state index >= 15 is 0 Å². The molecular weight excluding hydrogens is 343 g/mol. The maximum Gasteiger partial charge on any atom is 0.163 e. The minimum absolute atomic E-state index is 0.332. The predicted octanol–water partition coefficient (Wildman–Crippen LogP) is 4.29. The third-order valence-electron chi connectivity index (χ3n) is 6.11. The molecule has 0 spiro atoms. The van der Waals surface area contributed by atoms with Gasteiger partial charge in [-0.2, -0.15) is 0 Å². The van der Waals surface area contributed by atoms with Crippen molar-refractivity contribution in [3.05, 3.63) is 23.3 Å². The monoisotopic (exact) mass is 374 g/mol. The van der Waals surface area contributed by atoms with E-state index in [-0.39, 0.29) is 6.67 Å². The number of nitrogens with zero attached hydrogens (tertiary/aromatic N) is 2. The zero-order valence-corrected chi connectivity index (χ0v) is 16.4. The topological polar surface area (TPSA) is 24.9 Å². The minimum Gasteiger partial charge on any atom is -0.493 e. The van der Waals surface area contributed by atoms with E-state index in [0.717, 1.165) is 48.6 Å². The Morgan fingerprint density at radius 1 is 1.11 bits per heavy atom. The van der Waals surface area contributed by atoms with Gasteiger partial charge in [-0.3, -0.25) is 0 Å². The zero-order chi connectivity index (χ0) is 18.6. The molecule has 0 aromatic heterocycles. The summed E-state index contributed by atoms with van der Waals surface area (Å²) in [7, 11) is 1.69. The van der Waals surface area contributed by atoms with Gasteiger partial charge in [0.2, 0.25) is 0 Å². The third-order valence-corrected chi connectivity index (χ3v) is 6.11. The second-order valence-electron chi connectivity index (χ2n) is 7.82. The number of alkyl halides is 1. The first kappa shape index (κ1) is 18.6. The van der Waals surface area contributed by atoms with Crippen LogP contribution in [0.1, 0.15) is 44.1 Å².